The molecule has 1 atom stereocenters. The highest BCUT2D eigenvalue weighted by atomic mass is 16.6. The number of nitrogens with one attached hydrogen (secondary N) is 1. The number of ether oxygens (including phenoxy) is 1. The van der Waals surface area contributed by atoms with Gasteiger partial charge in [0, 0.05) is 24.7 Å². The van der Waals surface area contributed by atoms with Gasteiger partial charge in [0.2, 0.25) is 6.10 Å². The summed E-state index contributed by atoms with van der Waals surface area (Å²) in [7, 11) is 1.51. The Morgan fingerprint density at radius 3 is 2.56 bits per heavy atom. The summed E-state index contributed by atoms with van der Waals surface area (Å²) < 4.78 is 6.70. The maximum atomic E-state index is 12.5. The van der Waals surface area contributed by atoms with Crippen molar-refractivity contribution in [3.8, 4) is 0 Å². The highest BCUT2D eigenvalue weighted by Crippen LogP contribution is 2.25. The predicted molar refractivity (Wildman–Crippen MR) is 87.8 cm³/mol. The van der Waals surface area contributed by atoms with Gasteiger partial charge in [-0.3, -0.25) is 14.9 Å². The van der Waals surface area contributed by atoms with Gasteiger partial charge in [-0.1, -0.05) is 30.3 Å². The van der Waals surface area contributed by atoms with Gasteiger partial charge >= 0.3 is 5.97 Å². The lowest BCUT2D eigenvalue weighted by Crippen LogP contribution is -2.33. The lowest BCUT2D eigenvalue weighted by atomic mass is 10.1. The molecule has 0 aliphatic heterocycles. The van der Waals surface area contributed by atoms with Crippen LogP contribution in [-0.2, 0) is 16.6 Å². The van der Waals surface area contributed by atoms with Crippen molar-refractivity contribution < 1.29 is 19.2 Å². The highest BCUT2D eigenvalue weighted by Gasteiger charge is 2.32. The first-order chi connectivity index (χ1) is 12.0. The summed E-state index contributed by atoms with van der Waals surface area (Å²) >= 11 is 0. The van der Waals surface area contributed by atoms with E-state index < -0.39 is 22.9 Å². The van der Waals surface area contributed by atoms with E-state index in [0.717, 1.165) is 18.9 Å². The lowest BCUT2D eigenvalue weighted by molar-refractivity contribution is -0.384. The fourth-order valence-corrected chi connectivity index (χ4v) is 2.42. The van der Waals surface area contributed by atoms with Gasteiger partial charge in [0.1, 0.15) is 5.69 Å². The van der Waals surface area contributed by atoms with Gasteiger partial charge in [-0.2, -0.15) is 0 Å². The molecule has 2 aromatic rings. The van der Waals surface area contributed by atoms with Crippen LogP contribution < -0.4 is 5.32 Å². The van der Waals surface area contributed by atoms with Crippen molar-refractivity contribution >= 4 is 17.6 Å². The van der Waals surface area contributed by atoms with Gasteiger partial charge < -0.3 is 14.6 Å². The number of nitro groups is 1. The molecule has 1 aliphatic carbocycles. The first kappa shape index (κ1) is 16.7. The second-order valence-electron chi connectivity index (χ2n) is 5.93. The number of aromatic nitrogens is 1. The number of hydrogen-bond donors (Lipinski definition) is 1. The Bertz CT molecular complexity index is 811. The number of carbonyl (C=O) groups is 2. The summed E-state index contributed by atoms with van der Waals surface area (Å²) in [6.45, 7) is 0. The molecule has 8 heteroatoms. The Hall–Kier alpha value is -3.16. The number of nitrogens with zero attached hydrogens (tertiary/aromatic N) is 2. The van der Waals surface area contributed by atoms with Crippen LogP contribution in [0.2, 0.25) is 0 Å². The van der Waals surface area contributed by atoms with E-state index in [1.54, 1.807) is 30.3 Å². The van der Waals surface area contributed by atoms with Crippen molar-refractivity contribution in [1.82, 2.24) is 9.88 Å². The lowest BCUT2D eigenvalue weighted by Gasteiger charge is -2.18. The number of aryl methyl sites for hydroxylation is 1. The number of rotatable bonds is 6. The molecule has 1 amide bonds. The van der Waals surface area contributed by atoms with E-state index in [2.05, 4.69) is 5.32 Å². The predicted octanol–water partition coefficient (Wildman–Crippen LogP) is 2.11. The Labute approximate surface area is 143 Å². The monoisotopic (exact) mass is 343 g/mol. The summed E-state index contributed by atoms with van der Waals surface area (Å²) in [5, 5.41) is 13.7. The second-order valence-corrected chi connectivity index (χ2v) is 5.93. The van der Waals surface area contributed by atoms with Crippen LogP contribution in [0.1, 0.15) is 35.0 Å². The molecule has 1 aromatic carbocycles. The fourth-order valence-electron chi connectivity index (χ4n) is 2.42. The molecule has 0 bridgehead atoms. The molecule has 1 saturated carbocycles. The topological polar surface area (TPSA) is 103 Å². The molecule has 130 valence electrons. The van der Waals surface area contributed by atoms with Crippen LogP contribution in [0.4, 0.5) is 5.69 Å². The molecule has 1 aromatic heterocycles. The normalized spacial score (nSPS) is 14.6. The Morgan fingerprint density at radius 1 is 1.32 bits per heavy atom. The average molecular weight is 343 g/mol. The van der Waals surface area contributed by atoms with Gasteiger partial charge in [-0.15, -0.1) is 0 Å². The quantitative estimate of drug-likeness (QED) is 0.491. The maximum Gasteiger partial charge on any atom is 0.356 e. The zero-order chi connectivity index (χ0) is 18.0. The third kappa shape index (κ3) is 3.85. The molecule has 1 aliphatic rings. The zero-order valence-electron chi connectivity index (χ0n) is 13.5. The van der Waals surface area contributed by atoms with E-state index in [9.17, 15) is 19.7 Å². The first-order valence-electron chi connectivity index (χ1n) is 7.83. The van der Waals surface area contributed by atoms with Crippen molar-refractivity contribution in [1.29, 1.82) is 0 Å². The van der Waals surface area contributed by atoms with Crippen LogP contribution in [0.25, 0.3) is 0 Å². The minimum atomic E-state index is -1.11. The van der Waals surface area contributed by atoms with Crippen LogP contribution in [0.15, 0.2) is 42.6 Å². The Balaban J connectivity index is 1.82. The zero-order valence-corrected chi connectivity index (χ0v) is 13.5. The van der Waals surface area contributed by atoms with Crippen molar-refractivity contribution in [2.75, 3.05) is 0 Å². The van der Waals surface area contributed by atoms with Gasteiger partial charge in [-0.05, 0) is 12.8 Å². The van der Waals surface area contributed by atoms with Gasteiger partial charge in [0.05, 0.1) is 11.1 Å². The van der Waals surface area contributed by atoms with E-state index in [1.165, 1.54) is 17.8 Å². The van der Waals surface area contributed by atoms with Crippen LogP contribution in [0.3, 0.4) is 0 Å². The summed E-state index contributed by atoms with van der Waals surface area (Å²) in [5.74, 6) is -1.19. The molecule has 3 rings (SSSR count). The fraction of sp³-hybridized carbons (Fsp3) is 0.294. The molecular weight excluding hydrogens is 326 g/mol. The number of hydrogen-bond acceptors (Lipinski definition) is 5. The van der Waals surface area contributed by atoms with Crippen molar-refractivity contribution in [3.63, 3.8) is 0 Å². The van der Waals surface area contributed by atoms with Crippen molar-refractivity contribution in [2.45, 2.75) is 25.0 Å². The molecule has 1 fully saturated rings. The molecule has 0 radical (unpaired) electrons. The third-order valence-electron chi connectivity index (χ3n) is 3.90. The second kappa shape index (κ2) is 6.76. The van der Waals surface area contributed by atoms with E-state index in [-0.39, 0.29) is 17.4 Å². The SMILES string of the molecule is Cn1cc([N+](=O)[O-])cc1C(=O)O[C@H](C(=O)NC1CC1)c1ccccc1. The standard InChI is InChI=1S/C17H17N3O5/c1-19-10-13(20(23)24)9-14(19)17(22)25-15(11-5-3-2-4-6-11)16(21)18-12-7-8-12/h2-6,9-10,12,15H,7-8H2,1H3,(H,18,21)/t15-/m0/s1. The van der Waals surface area contributed by atoms with E-state index in [1.807, 2.05) is 0 Å². The average Bonchev–Trinajstić information content (AvgIpc) is 3.31. The molecule has 0 saturated heterocycles. The van der Waals surface area contributed by atoms with Gasteiger partial charge in [-0.25, -0.2) is 4.79 Å². The van der Waals surface area contributed by atoms with Crippen LogP contribution in [0, 0.1) is 10.1 Å². The van der Waals surface area contributed by atoms with Crippen molar-refractivity contribution in [3.05, 3.63) is 64.0 Å². The molecular formula is C17H17N3O5. The van der Waals surface area contributed by atoms with Crippen LogP contribution in [-0.4, -0.2) is 27.4 Å². The van der Waals surface area contributed by atoms with E-state index in [4.69, 9.17) is 4.74 Å². The van der Waals surface area contributed by atoms with Gasteiger partial charge in [0.25, 0.3) is 11.6 Å². The van der Waals surface area contributed by atoms with Gasteiger partial charge in [0.15, 0.2) is 0 Å². The van der Waals surface area contributed by atoms with Crippen LogP contribution in [0.5, 0.6) is 0 Å². The molecule has 1 heterocycles. The molecule has 0 spiro atoms. The van der Waals surface area contributed by atoms with Crippen molar-refractivity contribution in [2.24, 2.45) is 7.05 Å². The summed E-state index contributed by atoms with van der Waals surface area (Å²) in [5.41, 5.74) is 0.331. The Kier molecular flexibility index (Phi) is 4.51. The summed E-state index contributed by atoms with van der Waals surface area (Å²) in [6.07, 6.45) is 1.93. The molecule has 1 N–H and O–H groups in total. The summed E-state index contributed by atoms with van der Waals surface area (Å²) in [6, 6.07) is 9.91. The minimum absolute atomic E-state index is 0.00635. The maximum absolute atomic E-state index is 12.5. The smallest absolute Gasteiger partial charge is 0.356 e. The largest absolute Gasteiger partial charge is 0.443 e. The van der Waals surface area contributed by atoms with E-state index >= 15 is 0 Å². The molecule has 0 unspecified atom stereocenters. The third-order valence-corrected chi connectivity index (χ3v) is 3.90. The number of amides is 1. The number of carbonyl (C=O) groups excluding carboxylic acids is 2. The van der Waals surface area contributed by atoms with E-state index in [0.29, 0.717) is 5.56 Å². The highest BCUT2D eigenvalue weighted by molar-refractivity contribution is 5.92. The summed E-state index contributed by atoms with van der Waals surface area (Å²) in [4.78, 5) is 35.2. The van der Waals surface area contributed by atoms with Crippen LogP contribution >= 0.6 is 0 Å². The molecule has 8 nitrogen and oxygen atoms in total. The number of esters is 1. The molecule has 25 heavy (non-hydrogen) atoms. The number of benzene rings is 1. The first-order valence-corrected chi connectivity index (χ1v) is 7.83. The Morgan fingerprint density at radius 2 is 2.00 bits per heavy atom. The minimum Gasteiger partial charge on any atom is -0.443 e.